The van der Waals surface area contributed by atoms with Gasteiger partial charge in [-0.1, -0.05) is 41.9 Å². The minimum Gasteiger partial charge on any atom is -0.460 e. The van der Waals surface area contributed by atoms with E-state index in [1.165, 1.54) is 18.2 Å². The topological polar surface area (TPSA) is 108 Å². The number of benzene rings is 1. The number of hydrogen-bond donors (Lipinski definition) is 1. The van der Waals surface area contributed by atoms with Gasteiger partial charge < -0.3 is 19.5 Å². The van der Waals surface area contributed by atoms with Crippen LogP contribution in [-0.2, 0) is 23.8 Å². The highest BCUT2D eigenvalue weighted by atomic mass is 35.5. The first-order valence-electron chi connectivity index (χ1n) is 8.84. The van der Waals surface area contributed by atoms with Gasteiger partial charge in [-0.05, 0) is 32.9 Å². The average molecular weight is 460 g/mol. The fraction of sp³-hybridized carbons (Fsp3) is 0.400. The van der Waals surface area contributed by atoms with E-state index in [0.29, 0.717) is 0 Å². The van der Waals surface area contributed by atoms with Gasteiger partial charge in [0.2, 0.25) is 0 Å². The number of ether oxygens (including phenoxy) is 3. The molecule has 1 N–H and O–H groups in total. The minimum atomic E-state index is -1.34. The molecule has 1 amide bonds. The zero-order valence-electron chi connectivity index (χ0n) is 16.8. The maximum Gasteiger partial charge on any atom is 0.408 e. The Labute approximate surface area is 184 Å². The number of halogens is 2. The van der Waals surface area contributed by atoms with Crippen molar-refractivity contribution >= 4 is 47.0 Å². The van der Waals surface area contributed by atoms with Crippen molar-refractivity contribution in [1.29, 1.82) is 0 Å². The van der Waals surface area contributed by atoms with Crippen LogP contribution in [0.25, 0.3) is 0 Å². The first kappa shape index (κ1) is 25.5. The Bertz CT molecular complexity index is 798. The fourth-order valence-corrected chi connectivity index (χ4v) is 2.67. The van der Waals surface area contributed by atoms with Crippen molar-refractivity contribution < 1.29 is 33.4 Å². The second kappa shape index (κ2) is 11.6. The quantitative estimate of drug-likeness (QED) is 0.340. The number of carbonyl (C=O) groups excluding carboxylic acids is 4. The molecule has 0 fully saturated rings. The molecular weight excluding hydrogens is 437 g/mol. The molecule has 0 bridgehead atoms. The second-order valence-electron chi connectivity index (χ2n) is 7.01. The van der Waals surface area contributed by atoms with E-state index in [0.717, 1.165) is 0 Å². The molecule has 30 heavy (non-hydrogen) atoms. The average Bonchev–Trinajstić information content (AvgIpc) is 2.62. The third kappa shape index (κ3) is 8.84. The Morgan fingerprint density at radius 2 is 1.73 bits per heavy atom. The van der Waals surface area contributed by atoms with Gasteiger partial charge in [-0.2, -0.15) is 0 Å². The summed E-state index contributed by atoms with van der Waals surface area (Å²) in [6.07, 6.45) is -0.0967. The van der Waals surface area contributed by atoms with E-state index in [-0.39, 0.29) is 22.2 Å². The summed E-state index contributed by atoms with van der Waals surface area (Å²) in [6.45, 7) is 7.53. The molecule has 164 valence electrons. The van der Waals surface area contributed by atoms with Gasteiger partial charge in [-0.3, -0.25) is 9.59 Å². The lowest BCUT2D eigenvalue weighted by atomic mass is 10.1. The van der Waals surface area contributed by atoms with Crippen LogP contribution in [0.5, 0.6) is 0 Å². The van der Waals surface area contributed by atoms with Gasteiger partial charge in [0.05, 0.1) is 22.0 Å². The maximum absolute atomic E-state index is 12.5. The number of nitrogens with one attached hydrogen (secondary N) is 1. The molecule has 10 heteroatoms. The van der Waals surface area contributed by atoms with Crippen LogP contribution in [0, 0.1) is 0 Å². The van der Waals surface area contributed by atoms with Crippen molar-refractivity contribution in [2.75, 3.05) is 13.2 Å². The molecule has 0 heterocycles. The van der Waals surface area contributed by atoms with Gasteiger partial charge in [-0.25, -0.2) is 9.59 Å². The molecule has 0 aliphatic heterocycles. The molecular formula is C20H23Cl2NO7. The number of carbonyl (C=O) groups is 4. The summed E-state index contributed by atoms with van der Waals surface area (Å²) in [5.74, 6) is -2.41. The largest absolute Gasteiger partial charge is 0.460 e. The molecule has 0 spiro atoms. The van der Waals surface area contributed by atoms with Crippen molar-refractivity contribution in [2.24, 2.45) is 0 Å². The molecule has 0 saturated carbocycles. The number of esters is 2. The standard InChI is InChI=1S/C20H23Cl2NO7/c1-5-9-28-19(27)23-14(10-16(25)30-20(2,3)4)15(24)11-29-18(26)17-12(21)7-6-8-13(17)22/h5-8,14H,1,9-11H2,2-4H3,(H,23,27)/t14-/m0/s1. The van der Waals surface area contributed by atoms with Crippen molar-refractivity contribution in [2.45, 2.75) is 38.8 Å². The third-order valence-corrected chi connectivity index (χ3v) is 3.95. The van der Waals surface area contributed by atoms with Crippen LogP contribution < -0.4 is 5.32 Å². The summed E-state index contributed by atoms with van der Waals surface area (Å²) in [7, 11) is 0. The molecule has 1 aromatic carbocycles. The molecule has 1 atom stereocenters. The molecule has 0 aliphatic rings. The Hall–Kier alpha value is -2.58. The van der Waals surface area contributed by atoms with Gasteiger partial charge in [0.1, 0.15) is 18.2 Å². The first-order chi connectivity index (χ1) is 13.9. The Kier molecular flexibility index (Phi) is 9.81. The van der Waals surface area contributed by atoms with Gasteiger partial charge in [-0.15, -0.1) is 0 Å². The predicted molar refractivity (Wildman–Crippen MR) is 111 cm³/mol. The summed E-state index contributed by atoms with van der Waals surface area (Å²) < 4.78 is 14.9. The van der Waals surface area contributed by atoms with E-state index < -0.39 is 48.5 Å². The van der Waals surface area contributed by atoms with E-state index in [1.54, 1.807) is 26.8 Å². The number of Topliss-reactive ketones (excluding diaryl/α,β-unsaturated/α-hetero) is 1. The highest BCUT2D eigenvalue weighted by Crippen LogP contribution is 2.25. The van der Waals surface area contributed by atoms with Crippen LogP contribution in [-0.4, -0.2) is 48.7 Å². The summed E-state index contributed by atoms with van der Waals surface area (Å²) in [4.78, 5) is 48.6. The number of ketones is 1. The van der Waals surface area contributed by atoms with Crippen molar-refractivity contribution in [3.8, 4) is 0 Å². The summed E-state index contributed by atoms with van der Waals surface area (Å²) >= 11 is 11.9. The highest BCUT2D eigenvalue weighted by Gasteiger charge is 2.28. The van der Waals surface area contributed by atoms with Gasteiger partial charge in [0.25, 0.3) is 0 Å². The van der Waals surface area contributed by atoms with Gasteiger partial charge >= 0.3 is 18.0 Å². The molecule has 0 aliphatic carbocycles. The summed E-state index contributed by atoms with van der Waals surface area (Å²) in [6, 6.07) is 3.08. The number of rotatable bonds is 9. The van der Waals surface area contributed by atoms with Crippen molar-refractivity contribution in [1.82, 2.24) is 5.32 Å². The Morgan fingerprint density at radius 1 is 1.13 bits per heavy atom. The smallest absolute Gasteiger partial charge is 0.408 e. The van der Waals surface area contributed by atoms with Crippen LogP contribution in [0.15, 0.2) is 30.9 Å². The molecule has 0 radical (unpaired) electrons. The summed E-state index contributed by atoms with van der Waals surface area (Å²) in [5, 5.41) is 2.36. The van der Waals surface area contributed by atoms with E-state index in [4.69, 9.17) is 37.4 Å². The minimum absolute atomic E-state index is 0.0522. The molecule has 8 nitrogen and oxygen atoms in total. The predicted octanol–water partition coefficient (Wildman–Crippen LogP) is 3.73. The molecule has 1 aromatic rings. The summed E-state index contributed by atoms with van der Waals surface area (Å²) in [5.41, 5.74) is -0.892. The van der Waals surface area contributed by atoms with Crippen LogP contribution in [0.4, 0.5) is 4.79 Å². The number of hydrogen-bond acceptors (Lipinski definition) is 7. The highest BCUT2D eigenvalue weighted by molar-refractivity contribution is 6.39. The van der Waals surface area contributed by atoms with Crippen LogP contribution in [0.2, 0.25) is 10.0 Å². The lowest BCUT2D eigenvalue weighted by Gasteiger charge is -2.22. The fourth-order valence-electron chi connectivity index (χ4n) is 2.12. The zero-order chi connectivity index (χ0) is 22.9. The maximum atomic E-state index is 12.5. The Morgan fingerprint density at radius 3 is 2.27 bits per heavy atom. The third-order valence-electron chi connectivity index (χ3n) is 3.32. The van der Waals surface area contributed by atoms with Crippen molar-refractivity contribution in [3.63, 3.8) is 0 Å². The van der Waals surface area contributed by atoms with E-state index in [1.807, 2.05) is 0 Å². The lowest BCUT2D eigenvalue weighted by molar-refractivity contribution is -0.156. The lowest BCUT2D eigenvalue weighted by Crippen LogP contribution is -2.45. The van der Waals surface area contributed by atoms with E-state index in [2.05, 4.69) is 11.9 Å². The van der Waals surface area contributed by atoms with Crippen molar-refractivity contribution in [3.05, 3.63) is 46.5 Å². The second-order valence-corrected chi connectivity index (χ2v) is 7.83. The first-order valence-corrected chi connectivity index (χ1v) is 9.60. The van der Waals surface area contributed by atoms with Crippen LogP contribution in [0.3, 0.4) is 0 Å². The monoisotopic (exact) mass is 459 g/mol. The van der Waals surface area contributed by atoms with E-state index >= 15 is 0 Å². The Balaban J connectivity index is 2.84. The van der Waals surface area contributed by atoms with Gasteiger partial charge in [0.15, 0.2) is 12.4 Å². The number of alkyl carbamates (subject to hydrolysis) is 1. The molecule has 1 rings (SSSR count). The number of amides is 1. The molecule has 0 unspecified atom stereocenters. The zero-order valence-corrected chi connectivity index (χ0v) is 18.3. The van der Waals surface area contributed by atoms with E-state index in [9.17, 15) is 19.2 Å². The molecule has 0 aromatic heterocycles. The SMILES string of the molecule is C=CCOC(=O)N[C@@H](CC(=O)OC(C)(C)C)C(=O)COC(=O)c1c(Cl)cccc1Cl. The normalized spacial score (nSPS) is 11.8. The molecule has 0 saturated heterocycles. The van der Waals surface area contributed by atoms with Crippen LogP contribution >= 0.6 is 23.2 Å². The van der Waals surface area contributed by atoms with Crippen LogP contribution in [0.1, 0.15) is 37.6 Å². The van der Waals surface area contributed by atoms with Gasteiger partial charge in [0, 0.05) is 0 Å².